The number of rotatable bonds is 8. The van der Waals surface area contributed by atoms with Crippen LogP contribution in [-0.4, -0.2) is 41.8 Å². The van der Waals surface area contributed by atoms with Crippen LogP contribution < -0.4 is 10.1 Å². The second kappa shape index (κ2) is 8.34. The first-order chi connectivity index (χ1) is 11.8. The van der Waals surface area contributed by atoms with Crippen molar-refractivity contribution >= 4 is 11.9 Å². The molecule has 25 heavy (non-hydrogen) atoms. The van der Waals surface area contributed by atoms with Crippen LogP contribution in [0.1, 0.15) is 50.4 Å². The standard InChI is InChI=1S/C19H27NO5/c1-13(2)19(3,11-17(21)22)20-18(23)14-6-4-7-15(10-14)25-12-16-8-5-9-24-16/h4,6-7,10,13,16H,5,8-9,11-12H2,1-3H3,(H,20,23)(H,21,22). The smallest absolute Gasteiger partial charge is 0.305 e. The SMILES string of the molecule is CC(C)C(C)(CC(=O)O)NC(=O)c1cccc(OCC2CCCO2)c1. The van der Waals surface area contributed by atoms with Crippen LogP contribution in [0.3, 0.4) is 0 Å². The van der Waals surface area contributed by atoms with E-state index in [4.69, 9.17) is 14.6 Å². The van der Waals surface area contributed by atoms with Crippen molar-refractivity contribution in [2.24, 2.45) is 5.92 Å². The lowest BCUT2D eigenvalue weighted by atomic mass is 9.85. The summed E-state index contributed by atoms with van der Waals surface area (Å²) in [4.78, 5) is 23.7. The lowest BCUT2D eigenvalue weighted by molar-refractivity contribution is -0.138. The van der Waals surface area contributed by atoms with E-state index < -0.39 is 11.5 Å². The van der Waals surface area contributed by atoms with E-state index in [1.807, 2.05) is 13.8 Å². The van der Waals surface area contributed by atoms with E-state index in [0.29, 0.717) is 17.9 Å². The van der Waals surface area contributed by atoms with Gasteiger partial charge in [-0.25, -0.2) is 0 Å². The fourth-order valence-corrected chi connectivity index (χ4v) is 2.73. The van der Waals surface area contributed by atoms with E-state index in [2.05, 4.69) is 5.32 Å². The summed E-state index contributed by atoms with van der Waals surface area (Å²) in [7, 11) is 0. The van der Waals surface area contributed by atoms with Gasteiger partial charge in [0.1, 0.15) is 12.4 Å². The second-order valence-electron chi connectivity index (χ2n) is 7.07. The fraction of sp³-hybridized carbons (Fsp3) is 0.579. The van der Waals surface area contributed by atoms with Crippen LogP contribution in [-0.2, 0) is 9.53 Å². The molecule has 138 valence electrons. The molecule has 1 aliphatic rings. The minimum Gasteiger partial charge on any atom is -0.491 e. The van der Waals surface area contributed by atoms with E-state index in [1.54, 1.807) is 31.2 Å². The van der Waals surface area contributed by atoms with E-state index in [0.717, 1.165) is 19.4 Å². The van der Waals surface area contributed by atoms with E-state index in [-0.39, 0.29) is 24.3 Å². The molecule has 0 aliphatic carbocycles. The molecule has 0 bridgehead atoms. The Labute approximate surface area is 148 Å². The normalized spacial score (nSPS) is 19.4. The first-order valence-corrected chi connectivity index (χ1v) is 8.69. The van der Waals surface area contributed by atoms with Crippen LogP contribution in [0.4, 0.5) is 0 Å². The average Bonchev–Trinajstić information content (AvgIpc) is 3.05. The summed E-state index contributed by atoms with van der Waals surface area (Å²) < 4.78 is 11.2. The van der Waals surface area contributed by atoms with Gasteiger partial charge in [0.05, 0.1) is 18.1 Å². The van der Waals surface area contributed by atoms with Gasteiger partial charge in [-0.2, -0.15) is 0 Å². The van der Waals surface area contributed by atoms with Crippen molar-refractivity contribution < 1.29 is 24.2 Å². The number of ether oxygens (including phenoxy) is 2. The van der Waals surface area contributed by atoms with Crippen LogP contribution in [0.25, 0.3) is 0 Å². The molecule has 6 nitrogen and oxygen atoms in total. The number of benzene rings is 1. The highest BCUT2D eigenvalue weighted by atomic mass is 16.5. The molecule has 1 aliphatic heterocycles. The molecule has 1 aromatic rings. The molecule has 0 saturated carbocycles. The third-order valence-corrected chi connectivity index (χ3v) is 4.75. The minimum absolute atomic E-state index is 0.0218. The maximum atomic E-state index is 12.6. The van der Waals surface area contributed by atoms with E-state index in [1.165, 1.54) is 0 Å². The van der Waals surface area contributed by atoms with Gasteiger partial charge in [-0.15, -0.1) is 0 Å². The molecule has 0 radical (unpaired) electrons. The second-order valence-corrected chi connectivity index (χ2v) is 7.07. The molecular formula is C19H27NO5. The summed E-state index contributed by atoms with van der Waals surface area (Å²) in [6.45, 7) is 6.78. The third-order valence-electron chi connectivity index (χ3n) is 4.75. The number of hydrogen-bond donors (Lipinski definition) is 2. The van der Waals surface area contributed by atoms with Gasteiger partial charge in [-0.3, -0.25) is 9.59 Å². The number of carbonyl (C=O) groups is 2. The van der Waals surface area contributed by atoms with Crippen molar-refractivity contribution in [1.82, 2.24) is 5.32 Å². The van der Waals surface area contributed by atoms with Crippen molar-refractivity contribution in [3.63, 3.8) is 0 Å². The van der Waals surface area contributed by atoms with Gasteiger partial charge in [0, 0.05) is 12.2 Å². The summed E-state index contributed by atoms with van der Waals surface area (Å²) in [6, 6.07) is 6.91. The zero-order valence-corrected chi connectivity index (χ0v) is 15.1. The number of nitrogens with one attached hydrogen (secondary N) is 1. The Hall–Kier alpha value is -2.08. The quantitative estimate of drug-likeness (QED) is 0.754. The largest absolute Gasteiger partial charge is 0.491 e. The Bertz CT molecular complexity index is 610. The molecule has 1 amide bonds. The molecule has 1 saturated heterocycles. The maximum absolute atomic E-state index is 12.6. The van der Waals surface area contributed by atoms with Gasteiger partial charge >= 0.3 is 5.97 Å². The number of carboxylic acid groups (broad SMARTS) is 1. The summed E-state index contributed by atoms with van der Waals surface area (Å²) in [5.41, 5.74) is -0.376. The predicted octanol–water partition coefficient (Wildman–Crippen LogP) is 2.86. The lowest BCUT2D eigenvalue weighted by Gasteiger charge is -2.33. The highest BCUT2D eigenvalue weighted by Crippen LogP contribution is 2.23. The Morgan fingerprint density at radius 2 is 2.20 bits per heavy atom. The van der Waals surface area contributed by atoms with Gasteiger partial charge in [-0.05, 0) is 43.9 Å². The van der Waals surface area contributed by atoms with Gasteiger partial charge in [0.2, 0.25) is 0 Å². The molecule has 2 N–H and O–H groups in total. The summed E-state index contributed by atoms with van der Waals surface area (Å²) in [5, 5.41) is 12.0. The van der Waals surface area contributed by atoms with Gasteiger partial charge in [0.25, 0.3) is 5.91 Å². The van der Waals surface area contributed by atoms with Gasteiger partial charge in [0.15, 0.2) is 0 Å². The number of hydrogen-bond acceptors (Lipinski definition) is 4. The molecule has 1 fully saturated rings. The summed E-state index contributed by atoms with van der Waals surface area (Å²) in [5.74, 6) is -0.663. The molecule has 2 atom stereocenters. The van der Waals surface area contributed by atoms with Crippen LogP contribution in [0.5, 0.6) is 5.75 Å². The topological polar surface area (TPSA) is 84.9 Å². The van der Waals surface area contributed by atoms with Crippen molar-refractivity contribution in [3.8, 4) is 5.75 Å². The Kier molecular flexibility index (Phi) is 6.42. The molecule has 6 heteroatoms. The highest BCUT2D eigenvalue weighted by Gasteiger charge is 2.33. The zero-order chi connectivity index (χ0) is 18.4. The zero-order valence-electron chi connectivity index (χ0n) is 15.1. The van der Waals surface area contributed by atoms with E-state index >= 15 is 0 Å². The van der Waals surface area contributed by atoms with Crippen molar-refractivity contribution in [3.05, 3.63) is 29.8 Å². The van der Waals surface area contributed by atoms with Crippen LogP contribution in [0.2, 0.25) is 0 Å². The average molecular weight is 349 g/mol. The lowest BCUT2D eigenvalue weighted by Crippen LogP contribution is -2.51. The van der Waals surface area contributed by atoms with Crippen LogP contribution >= 0.6 is 0 Å². The number of amides is 1. The van der Waals surface area contributed by atoms with Crippen molar-refractivity contribution in [1.29, 1.82) is 0 Å². The van der Waals surface area contributed by atoms with Gasteiger partial charge in [-0.1, -0.05) is 19.9 Å². The molecule has 1 heterocycles. The summed E-state index contributed by atoms with van der Waals surface area (Å²) in [6.07, 6.45) is 2.01. The summed E-state index contributed by atoms with van der Waals surface area (Å²) >= 11 is 0. The Morgan fingerprint density at radius 3 is 2.80 bits per heavy atom. The van der Waals surface area contributed by atoms with E-state index in [9.17, 15) is 9.59 Å². The molecular weight excluding hydrogens is 322 g/mol. The molecule has 0 aromatic heterocycles. The molecule has 2 unspecified atom stereocenters. The van der Waals surface area contributed by atoms with Crippen molar-refractivity contribution in [2.45, 2.75) is 51.7 Å². The number of carboxylic acids is 1. The van der Waals surface area contributed by atoms with Crippen LogP contribution in [0.15, 0.2) is 24.3 Å². The first-order valence-electron chi connectivity index (χ1n) is 8.69. The van der Waals surface area contributed by atoms with Gasteiger partial charge < -0.3 is 19.9 Å². The minimum atomic E-state index is -0.940. The van der Waals surface area contributed by atoms with Crippen molar-refractivity contribution in [2.75, 3.05) is 13.2 Å². The first kappa shape index (κ1) is 19.2. The number of aliphatic carboxylic acids is 1. The predicted molar refractivity (Wildman–Crippen MR) is 93.9 cm³/mol. The van der Waals surface area contributed by atoms with Crippen LogP contribution in [0, 0.1) is 5.92 Å². The molecule has 0 spiro atoms. The molecule has 2 rings (SSSR count). The highest BCUT2D eigenvalue weighted by molar-refractivity contribution is 5.95. The monoisotopic (exact) mass is 349 g/mol. The maximum Gasteiger partial charge on any atom is 0.305 e. The number of carbonyl (C=O) groups excluding carboxylic acids is 1. The Morgan fingerprint density at radius 1 is 1.44 bits per heavy atom. The third kappa shape index (κ3) is 5.46. The Balaban J connectivity index is 2.02. The molecule has 1 aromatic carbocycles. The fourth-order valence-electron chi connectivity index (χ4n) is 2.73.